The number of hydrogen-bond acceptors (Lipinski definition) is 1. The highest BCUT2D eigenvalue weighted by Crippen LogP contribution is 2.40. The normalized spacial score (nSPS) is 33.0. The van der Waals surface area contributed by atoms with E-state index in [1.54, 1.807) is 7.11 Å². The summed E-state index contributed by atoms with van der Waals surface area (Å²) in [5, 5.41) is 0. The highest BCUT2D eigenvalue weighted by molar-refractivity contribution is 4.81. The van der Waals surface area contributed by atoms with E-state index in [0.717, 1.165) is 24.4 Å². The molecule has 0 aromatic heterocycles. The zero-order valence-electron chi connectivity index (χ0n) is 7.97. The van der Waals surface area contributed by atoms with Crippen molar-refractivity contribution < 1.29 is 4.74 Å². The molecule has 0 amide bonds. The second-order valence-electron chi connectivity index (χ2n) is 3.98. The number of ether oxygens (including phenoxy) is 1. The first-order valence-corrected chi connectivity index (χ1v) is 4.74. The molecule has 0 N–H and O–H groups in total. The van der Waals surface area contributed by atoms with E-state index in [4.69, 9.17) is 4.74 Å². The molecule has 1 saturated carbocycles. The molecule has 0 aromatic rings. The summed E-state index contributed by atoms with van der Waals surface area (Å²) in [4.78, 5) is 0. The van der Waals surface area contributed by atoms with Gasteiger partial charge in [0.25, 0.3) is 0 Å². The first-order valence-electron chi connectivity index (χ1n) is 4.74. The fourth-order valence-corrected chi connectivity index (χ4v) is 2.06. The van der Waals surface area contributed by atoms with Crippen molar-refractivity contribution in [3.8, 4) is 0 Å². The summed E-state index contributed by atoms with van der Waals surface area (Å²) in [5.41, 5.74) is 0. The second kappa shape index (κ2) is 4.10. The Labute approximate surface area is 70.1 Å². The maximum absolute atomic E-state index is 5.07. The summed E-state index contributed by atoms with van der Waals surface area (Å²) >= 11 is 0. The Morgan fingerprint density at radius 1 is 1.45 bits per heavy atom. The molecule has 1 heteroatoms. The Bertz CT molecular complexity index is 111. The first kappa shape index (κ1) is 9.05. The molecule has 0 saturated heterocycles. The third-order valence-corrected chi connectivity index (χ3v) is 3.19. The maximum Gasteiger partial charge on any atom is 0.0464 e. The molecule has 3 atom stereocenters. The average Bonchev–Trinajstić information content (AvgIpc) is 1.98. The van der Waals surface area contributed by atoms with Gasteiger partial charge >= 0.3 is 0 Å². The Kier molecular flexibility index (Phi) is 3.38. The Hall–Kier alpha value is -0.0400. The lowest BCUT2D eigenvalue weighted by Crippen LogP contribution is -2.29. The van der Waals surface area contributed by atoms with Gasteiger partial charge in [-0.15, -0.1) is 0 Å². The van der Waals surface area contributed by atoms with Crippen molar-refractivity contribution in [2.75, 3.05) is 13.7 Å². The fourth-order valence-electron chi connectivity index (χ4n) is 2.06. The smallest absolute Gasteiger partial charge is 0.0464 e. The van der Waals surface area contributed by atoms with E-state index in [9.17, 15) is 0 Å². The van der Waals surface area contributed by atoms with E-state index in [1.807, 2.05) is 0 Å². The third-order valence-electron chi connectivity index (χ3n) is 3.19. The molecule has 66 valence electrons. The first-order chi connectivity index (χ1) is 5.25. The molecular weight excluding hydrogens is 136 g/mol. The van der Waals surface area contributed by atoms with Crippen LogP contribution in [0.1, 0.15) is 33.1 Å². The van der Waals surface area contributed by atoms with Crippen molar-refractivity contribution in [3.63, 3.8) is 0 Å². The Morgan fingerprint density at radius 3 is 2.55 bits per heavy atom. The molecule has 11 heavy (non-hydrogen) atoms. The molecule has 1 nitrogen and oxygen atoms in total. The van der Waals surface area contributed by atoms with Crippen LogP contribution < -0.4 is 0 Å². The fraction of sp³-hybridized carbons (Fsp3) is 1.00. The van der Waals surface area contributed by atoms with E-state index >= 15 is 0 Å². The standard InChI is InChI=1S/C10H20O/c1-8-4-5-10(8)9(2)6-7-11-3/h8-10H,4-7H2,1-3H3. The summed E-state index contributed by atoms with van der Waals surface area (Å²) in [6, 6.07) is 0. The molecule has 0 bridgehead atoms. The number of methoxy groups -OCH3 is 1. The molecule has 0 radical (unpaired) electrons. The van der Waals surface area contributed by atoms with Crippen LogP contribution >= 0.6 is 0 Å². The molecule has 1 aliphatic carbocycles. The Morgan fingerprint density at radius 2 is 2.18 bits per heavy atom. The summed E-state index contributed by atoms with van der Waals surface area (Å²) in [6.07, 6.45) is 4.14. The van der Waals surface area contributed by atoms with Crippen LogP contribution in [0.2, 0.25) is 0 Å². The summed E-state index contributed by atoms with van der Waals surface area (Å²) in [5.74, 6) is 2.84. The van der Waals surface area contributed by atoms with Crippen molar-refractivity contribution in [1.29, 1.82) is 0 Å². The third kappa shape index (κ3) is 2.19. The minimum atomic E-state index is 0.874. The van der Waals surface area contributed by atoms with E-state index in [-0.39, 0.29) is 0 Å². The molecule has 0 aromatic carbocycles. The van der Waals surface area contributed by atoms with Crippen LogP contribution in [0.5, 0.6) is 0 Å². The van der Waals surface area contributed by atoms with Crippen LogP contribution in [0.4, 0.5) is 0 Å². The lowest BCUT2D eigenvalue weighted by Gasteiger charge is -2.38. The predicted octanol–water partition coefficient (Wildman–Crippen LogP) is 2.71. The highest BCUT2D eigenvalue weighted by atomic mass is 16.5. The second-order valence-corrected chi connectivity index (χ2v) is 3.98. The van der Waals surface area contributed by atoms with Crippen molar-refractivity contribution in [3.05, 3.63) is 0 Å². The summed E-state index contributed by atoms with van der Waals surface area (Å²) < 4.78 is 5.07. The van der Waals surface area contributed by atoms with Crippen molar-refractivity contribution in [1.82, 2.24) is 0 Å². The predicted molar refractivity (Wildman–Crippen MR) is 47.5 cm³/mol. The van der Waals surface area contributed by atoms with Crippen LogP contribution in [0.15, 0.2) is 0 Å². The van der Waals surface area contributed by atoms with Gasteiger partial charge in [0.05, 0.1) is 0 Å². The van der Waals surface area contributed by atoms with Crippen LogP contribution in [0, 0.1) is 17.8 Å². The monoisotopic (exact) mass is 156 g/mol. The van der Waals surface area contributed by atoms with Gasteiger partial charge in [0, 0.05) is 13.7 Å². The van der Waals surface area contributed by atoms with Gasteiger partial charge in [0.2, 0.25) is 0 Å². The van der Waals surface area contributed by atoms with Crippen molar-refractivity contribution in [2.45, 2.75) is 33.1 Å². The lowest BCUT2D eigenvalue weighted by molar-refractivity contribution is 0.0948. The topological polar surface area (TPSA) is 9.23 Å². The highest BCUT2D eigenvalue weighted by Gasteiger charge is 2.30. The van der Waals surface area contributed by atoms with Crippen molar-refractivity contribution >= 4 is 0 Å². The quantitative estimate of drug-likeness (QED) is 0.608. The van der Waals surface area contributed by atoms with Gasteiger partial charge in [-0.25, -0.2) is 0 Å². The minimum Gasteiger partial charge on any atom is -0.385 e. The molecular formula is C10H20O. The van der Waals surface area contributed by atoms with E-state index in [1.165, 1.54) is 19.3 Å². The van der Waals surface area contributed by atoms with E-state index < -0.39 is 0 Å². The molecule has 1 rings (SSSR count). The van der Waals surface area contributed by atoms with Crippen molar-refractivity contribution in [2.24, 2.45) is 17.8 Å². The number of rotatable bonds is 4. The van der Waals surface area contributed by atoms with Gasteiger partial charge in [-0.05, 0) is 30.6 Å². The van der Waals surface area contributed by atoms with E-state index in [0.29, 0.717) is 0 Å². The van der Waals surface area contributed by atoms with Gasteiger partial charge in [-0.2, -0.15) is 0 Å². The average molecular weight is 156 g/mol. The van der Waals surface area contributed by atoms with Crippen LogP contribution in [0.3, 0.4) is 0 Å². The van der Waals surface area contributed by atoms with Crippen LogP contribution in [-0.2, 0) is 4.74 Å². The molecule has 1 fully saturated rings. The van der Waals surface area contributed by atoms with Gasteiger partial charge < -0.3 is 4.74 Å². The summed E-state index contributed by atoms with van der Waals surface area (Å²) in [6.45, 7) is 5.67. The summed E-state index contributed by atoms with van der Waals surface area (Å²) in [7, 11) is 1.79. The van der Waals surface area contributed by atoms with Gasteiger partial charge in [-0.1, -0.05) is 20.3 Å². The van der Waals surface area contributed by atoms with Crippen LogP contribution in [-0.4, -0.2) is 13.7 Å². The SMILES string of the molecule is COCCC(C)C1CCC1C. The zero-order chi connectivity index (χ0) is 8.27. The number of hydrogen-bond donors (Lipinski definition) is 0. The van der Waals surface area contributed by atoms with Gasteiger partial charge in [0.15, 0.2) is 0 Å². The molecule has 3 unspecified atom stereocenters. The zero-order valence-corrected chi connectivity index (χ0v) is 7.97. The molecule has 0 heterocycles. The molecule has 0 spiro atoms. The lowest BCUT2D eigenvalue weighted by atomic mass is 9.68. The molecule has 1 aliphatic rings. The maximum atomic E-state index is 5.07. The minimum absolute atomic E-state index is 0.874. The van der Waals surface area contributed by atoms with Gasteiger partial charge in [0.1, 0.15) is 0 Å². The molecule has 0 aliphatic heterocycles. The Balaban J connectivity index is 2.13. The van der Waals surface area contributed by atoms with Gasteiger partial charge in [-0.3, -0.25) is 0 Å². The van der Waals surface area contributed by atoms with E-state index in [2.05, 4.69) is 13.8 Å². The largest absolute Gasteiger partial charge is 0.385 e. The van der Waals surface area contributed by atoms with Crippen LogP contribution in [0.25, 0.3) is 0 Å².